The van der Waals surface area contributed by atoms with Gasteiger partial charge in [0.2, 0.25) is 0 Å². The van der Waals surface area contributed by atoms with Crippen LogP contribution in [0.25, 0.3) is 0 Å². The van der Waals surface area contributed by atoms with Gasteiger partial charge < -0.3 is 5.32 Å². The third kappa shape index (κ3) is 3.01. The first-order chi connectivity index (χ1) is 9.15. The lowest BCUT2D eigenvalue weighted by Crippen LogP contribution is -1.95. The van der Waals surface area contributed by atoms with E-state index in [9.17, 15) is 9.65 Å². The molecular weight excluding hydrogens is 283 g/mol. The highest BCUT2D eigenvalue weighted by molar-refractivity contribution is 7.98. The lowest BCUT2D eigenvalue weighted by atomic mass is 10.2. The molecule has 2 aromatic rings. The summed E-state index contributed by atoms with van der Waals surface area (Å²) in [4.78, 5) is 0.890. The molecule has 0 aliphatic carbocycles. The van der Waals surface area contributed by atoms with Crippen LogP contribution in [0.1, 0.15) is 5.56 Å². The zero-order chi connectivity index (χ0) is 13.8. The number of rotatable bonds is 3. The first-order valence-electron chi connectivity index (χ1n) is 5.45. The minimum Gasteiger partial charge on any atom is -0.354 e. The quantitative estimate of drug-likeness (QED) is 0.824. The van der Waals surface area contributed by atoms with Gasteiger partial charge in [0, 0.05) is 10.6 Å². The maximum absolute atomic E-state index is 13.1. The Bertz CT molecular complexity index is 652. The molecule has 2 aromatic carbocycles. The van der Waals surface area contributed by atoms with Gasteiger partial charge in [-0.3, -0.25) is 0 Å². The summed E-state index contributed by atoms with van der Waals surface area (Å²) in [6.45, 7) is 0. The van der Waals surface area contributed by atoms with Crippen LogP contribution in [0.2, 0.25) is 5.02 Å². The number of thioether (sulfide) groups is 1. The van der Waals surface area contributed by atoms with Crippen molar-refractivity contribution in [3.05, 3.63) is 52.8 Å². The van der Waals surface area contributed by atoms with Crippen LogP contribution in [0, 0.1) is 17.1 Å². The smallest absolute Gasteiger partial charge is 0.141 e. The number of nitrogens with one attached hydrogen (secondary N) is 1. The zero-order valence-corrected chi connectivity index (χ0v) is 11.6. The van der Waals surface area contributed by atoms with E-state index in [1.54, 1.807) is 12.1 Å². The highest BCUT2D eigenvalue weighted by Gasteiger charge is 2.08. The number of hydrogen-bond donors (Lipinski definition) is 1. The summed E-state index contributed by atoms with van der Waals surface area (Å²) in [6, 6.07) is 12.1. The van der Waals surface area contributed by atoms with Gasteiger partial charge >= 0.3 is 0 Å². The summed E-state index contributed by atoms with van der Waals surface area (Å²) >= 11 is 7.23. The number of hydrogen-bond acceptors (Lipinski definition) is 3. The van der Waals surface area contributed by atoms with E-state index in [4.69, 9.17) is 11.6 Å². The van der Waals surface area contributed by atoms with Crippen molar-refractivity contribution in [1.82, 2.24) is 0 Å². The van der Waals surface area contributed by atoms with E-state index in [0.29, 0.717) is 16.9 Å². The van der Waals surface area contributed by atoms with E-state index in [1.807, 2.05) is 18.4 Å². The lowest BCUT2D eigenvalue weighted by molar-refractivity contribution is 0.628. The second kappa shape index (κ2) is 5.96. The van der Waals surface area contributed by atoms with Gasteiger partial charge in [-0.25, -0.2) is 4.39 Å². The molecule has 0 unspecified atom stereocenters. The number of anilines is 2. The molecule has 19 heavy (non-hydrogen) atoms. The lowest BCUT2D eigenvalue weighted by Gasteiger charge is -2.11. The Balaban J connectivity index is 2.38. The first kappa shape index (κ1) is 13.7. The van der Waals surface area contributed by atoms with Crippen LogP contribution in [-0.2, 0) is 0 Å². The van der Waals surface area contributed by atoms with Crippen LogP contribution in [0.15, 0.2) is 41.3 Å². The summed E-state index contributed by atoms with van der Waals surface area (Å²) in [7, 11) is 0. The van der Waals surface area contributed by atoms with Crippen molar-refractivity contribution < 1.29 is 4.39 Å². The Morgan fingerprint density at radius 1 is 1.32 bits per heavy atom. The van der Waals surface area contributed by atoms with Crippen molar-refractivity contribution in [2.24, 2.45) is 0 Å². The Morgan fingerprint density at radius 3 is 2.74 bits per heavy atom. The van der Waals surface area contributed by atoms with Crippen LogP contribution in [-0.4, -0.2) is 6.26 Å². The van der Waals surface area contributed by atoms with Crippen molar-refractivity contribution >= 4 is 34.7 Å². The van der Waals surface area contributed by atoms with Crippen LogP contribution in [0.3, 0.4) is 0 Å². The van der Waals surface area contributed by atoms with E-state index < -0.39 is 5.82 Å². The van der Waals surface area contributed by atoms with Gasteiger partial charge in [-0.2, -0.15) is 5.26 Å². The molecule has 96 valence electrons. The second-order valence-electron chi connectivity index (χ2n) is 3.75. The third-order valence-corrected chi connectivity index (χ3v) is 3.63. The molecule has 0 bridgehead atoms. The molecule has 0 aliphatic rings. The Morgan fingerprint density at radius 2 is 2.11 bits per heavy atom. The fourth-order valence-electron chi connectivity index (χ4n) is 1.65. The van der Waals surface area contributed by atoms with Gasteiger partial charge in [-0.05, 0) is 36.6 Å². The normalized spacial score (nSPS) is 10.0. The number of nitriles is 1. The van der Waals surface area contributed by atoms with Crippen molar-refractivity contribution in [2.45, 2.75) is 4.90 Å². The first-order valence-corrected chi connectivity index (χ1v) is 7.05. The van der Waals surface area contributed by atoms with Crippen molar-refractivity contribution in [3.8, 4) is 6.07 Å². The maximum atomic E-state index is 13.1. The SMILES string of the molecule is CSc1cccc(Nc2ccc(F)c(Cl)c2)c1C#N. The van der Waals surface area contributed by atoms with Gasteiger partial charge in [0.25, 0.3) is 0 Å². The fraction of sp³-hybridized carbons (Fsp3) is 0.0714. The molecule has 5 heteroatoms. The van der Waals surface area contributed by atoms with Crippen molar-refractivity contribution in [2.75, 3.05) is 11.6 Å². The van der Waals surface area contributed by atoms with Crippen LogP contribution in [0.5, 0.6) is 0 Å². The third-order valence-electron chi connectivity index (χ3n) is 2.56. The molecule has 0 saturated heterocycles. The molecule has 0 amide bonds. The molecule has 0 radical (unpaired) electrons. The standard InChI is InChI=1S/C14H10ClFN2S/c1-19-14-4-2-3-13(10(14)8-17)18-9-5-6-12(16)11(15)7-9/h2-7,18H,1H3. The predicted octanol–water partition coefficient (Wildman–Crippen LogP) is 4.82. The highest BCUT2D eigenvalue weighted by atomic mass is 35.5. The molecule has 0 spiro atoms. The van der Waals surface area contributed by atoms with Gasteiger partial charge in [-0.15, -0.1) is 11.8 Å². The molecule has 0 atom stereocenters. The molecule has 0 saturated carbocycles. The van der Waals surface area contributed by atoms with Crippen LogP contribution >= 0.6 is 23.4 Å². The number of nitrogens with zero attached hydrogens (tertiary/aromatic N) is 1. The van der Waals surface area contributed by atoms with Crippen LogP contribution < -0.4 is 5.32 Å². The molecule has 0 aliphatic heterocycles. The largest absolute Gasteiger partial charge is 0.354 e. The van der Waals surface area contributed by atoms with Crippen molar-refractivity contribution in [1.29, 1.82) is 5.26 Å². The molecule has 1 N–H and O–H groups in total. The Labute approximate surface area is 120 Å². The Hall–Kier alpha value is -1.70. The van der Waals surface area contributed by atoms with Crippen LogP contribution in [0.4, 0.5) is 15.8 Å². The molecule has 0 aromatic heterocycles. The summed E-state index contributed by atoms with van der Waals surface area (Å²) in [6.07, 6.45) is 1.91. The summed E-state index contributed by atoms with van der Waals surface area (Å²) < 4.78 is 13.1. The van der Waals surface area contributed by atoms with E-state index in [1.165, 1.54) is 23.9 Å². The highest BCUT2D eigenvalue weighted by Crippen LogP contribution is 2.29. The van der Waals surface area contributed by atoms with Gasteiger partial charge in [-0.1, -0.05) is 17.7 Å². The maximum Gasteiger partial charge on any atom is 0.141 e. The zero-order valence-electron chi connectivity index (χ0n) is 10.1. The van der Waals surface area contributed by atoms with E-state index in [2.05, 4.69) is 11.4 Å². The van der Waals surface area contributed by atoms with E-state index in [-0.39, 0.29) is 5.02 Å². The van der Waals surface area contributed by atoms with E-state index in [0.717, 1.165) is 4.90 Å². The molecule has 0 fully saturated rings. The summed E-state index contributed by atoms with van der Waals surface area (Å²) in [5, 5.41) is 12.3. The number of benzene rings is 2. The number of halogens is 2. The second-order valence-corrected chi connectivity index (χ2v) is 5.00. The van der Waals surface area contributed by atoms with Gasteiger partial charge in [0.05, 0.1) is 16.3 Å². The topological polar surface area (TPSA) is 35.8 Å². The molecular formula is C14H10ClFN2S. The summed E-state index contributed by atoms with van der Waals surface area (Å²) in [5.41, 5.74) is 1.88. The van der Waals surface area contributed by atoms with Crippen molar-refractivity contribution in [3.63, 3.8) is 0 Å². The molecule has 2 nitrogen and oxygen atoms in total. The monoisotopic (exact) mass is 292 g/mol. The average Bonchev–Trinajstić information content (AvgIpc) is 2.42. The van der Waals surface area contributed by atoms with Gasteiger partial charge in [0.1, 0.15) is 11.9 Å². The minimum absolute atomic E-state index is 0.0459. The molecule has 0 heterocycles. The predicted molar refractivity (Wildman–Crippen MR) is 77.6 cm³/mol. The average molecular weight is 293 g/mol. The van der Waals surface area contributed by atoms with E-state index >= 15 is 0 Å². The minimum atomic E-state index is -0.467. The Kier molecular flexibility index (Phi) is 4.31. The fourth-order valence-corrected chi connectivity index (χ4v) is 2.41. The summed E-state index contributed by atoms with van der Waals surface area (Å²) in [5.74, 6) is -0.467. The van der Waals surface area contributed by atoms with Gasteiger partial charge in [0.15, 0.2) is 0 Å². The molecule has 2 rings (SSSR count).